The van der Waals surface area contributed by atoms with Crippen molar-refractivity contribution in [3.05, 3.63) is 152 Å². The van der Waals surface area contributed by atoms with Gasteiger partial charge in [0.2, 0.25) is 31.9 Å². The summed E-state index contributed by atoms with van der Waals surface area (Å²) in [4.78, 5) is 16.5. The molecule has 0 amide bonds. The number of rotatable bonds is 22. The van der Waals surface area contributed by atoms with Crippen LogP contribution in [-0.2, 0) is 44.0 Å². The van der Waals surface area contributed by atoms with Crippen LogP contribution < -0.4 is 29.0 Å². The minimum absolute atomic E-state index is 0.0254. The van der Waals surface area contributed by atoms with E-state index >= 15 is 0 Å². The van der Waals surface area contributed by atoms with E-state index in [9.17, 15) is 27.4 Å². The number of nitriles is 2. The third kappa shape index (κ3) is 13.4. The van der Waals surface area contributed by atoms with Crippen LogP contribution in [0.1, 0.15) is 78.4 Å². The predicted molar refractivity (Wildman–Crippen MR) is 267 cm³/mol. The highest BCUT2D eigenvalue weighted by atomic mass is 35.5. The smallest absolute Gasteiger partial charge is 0.236 e. The second-order valence-electron chi connectivity index (χ2n) is 16.3. The Morgan fingerprint density at radius 3 is 1.61 bits per heavy atom. The summed E-state index contributed by atoms with van der Waals surface area (Å²) in [5.74, 6) is 1.12. The van der Waals surface area contributed by atoms with Crippen LogP contribution in [0.3, 0.4) is 0 Å². The van der Waals surface area contributed by atoms with Gasteiger partial charge in [0, 0.05) is 28.9 Å². The molecule has 0 saturated carbocycles. The Kier molecular flexibility index (Phi) is 16.8. The van der Waals surface area contributed by atoms with E-state index in [2.05, 4.69) is 60.7 Å². The molecule has 0 aliphatic carbocycles. The molecule has 2 heterocycles. The van der Waals surface area contributed by atoms with Gasteiger partial charge in [-0.3, -0.25) is 9.44 Å². The molecule has 0 spiro atoms. The zero-order valence-electron chi connectivity index (χ0n) is 38.2. The third-order valence-electron chi connectivity index (χ3n) is 11.2. The van der Waals surface area contributed by atoms with Crippen LogP contribution in [0.4, 0.5) is 17.6 Å². The molecule has 0 radical (unpaired) electrons. The SMILES string of the molecule is CCOc1c(Cl)cc(C(C)(CCC(C)(c2ccc(NCc3ccnc(NS(C)(=O)=O)n3)cc2)c2cc(Cl)c(OCCCl)c(C#N)c2)c2ccc(OCc3ccnc(NS(C)(=O)=O)n3)cc2)cc1C#N. The standard InChI is InChI=1S/C48H48Cl3N9O7S2/c1-6-65-43-31(27-52)23-35(25-41(43)50)48(3,34-9-13-40(14-10-34)67-30-39-16-21-55-46(58-39)60-69(5,63)64)18-17-47(2,36-24-32(28-53)44(42(51)26-36)66-22-19-49)33-7-11-37(12-8-33)56-29-38-15-20-54-45(57-38)59-68(4,61)62/h7-16,20-21,23-26,56H,6,17-19,22,29-30H2,1-5H3,(H,54,57,59)(H,55,58,60). The quantitative estimate of drug-likeness (QED) is 0.0538. The molecule has 0 bridgehead atoms. The van der Waals surface area contributed by atoms with Crippen LogP contribution >= 0.6 is 34.8 Å². The molecule has 16 nitrogen and oxygen atoms in total. The molecule has 0 aliphatic rings. The van der Waals surface area contributed by atoms with Gasteiger partial charge in [0.25, 0.3) is 0 Å². The van der Waals surface area contributed by atoms with Crippen molar-refractivity contribution < 1.29 is 31.0 Å². The van der Waals surface area contributed by atoms with E-state index in [1.165, 1.54) is 12.4 Å². The minimum Gasteiger partial charge on any atom is -0.491 e. The van der Waals surface area contributed by atoms with Crippen molar-refractivity contribution >= 4 is 72.4 Å². The Balaban J connectivity index is 1.39. The topological polar surface area (TPSA) is 231 Å². The van der Waals surface area contributed by atoms with Crippen LogP contribution in [0.5, 0.6) is 17.2 Å². The van der Waals surface area contributed by atoms with Gasteiger partial charge in [0.05, 0.1) is 64.1 Å². The van der Waals surface area contributed by atoms with Gasteiger partial charge in [-0.15, -0.1) is 11.6 Å². The maximum atomic E-state index is 11.8. The molecule has 2 unspecified atom stereocenters. The number of sulfonamides is 2. The Labute approximate surface area is 417 Å². The zero-order chi connectivity index (χ0) is 50.0. The molecule has 4 aromatic carbocycles. The van der Waals surface area contributed by atoms with Gasteiger partial charge in [0.15, 0.2) is 11.5 Å². The predicted octanol–water partition coefficient (Wildman–Crippen LogP) is 9.36. The van der Waals surface area contributed by atoms with Gasteiger partial charge in [-0.25, -0.2) is 36.8 Å². The summed E-state index contributed by atoms with van der Waals surface area (Å²) >= 11 is 19.8. The summed E-state index contributed by atoms with van der Waals surface area (Å²) in [5.41, 5.74) is 3.85. The van der Waals surface area contributed by atoms with Gasteiger partial charge < -0.3 is 19.5 Å². The molecule has 21 heteroatoms. The van der Waals surface area contributed by atoms with Crippen LogP contribution in [0.25, 0.3) is 0 Å². The number of benzene rings is 4. The van der Waals surface area contributed by atoms with Crippen molar-refractivity contribution in [3.63, 3.8) is 0 Å². The highest BCUT2D eigenvalue weighted by Gasteiger charge is 2.37. The van der Waals surface area contributed by atoms with E-state index in [4.69, 9.17) is 49.0 Å². The summed E-state index contributed by atoms with van der Waals surface area (Å²) in [6.07, 6.45) is 5.85. The lowest BCUT2D eigenvalue weighted by molar-refractivity contribution is 0.301. The number of nitrogens with zero attached hydrogens (tertiary/aromatic N) is 6. The molecule has 69 heavy (non-hydrogen) atoms. The van der Waals surface area contributed by atoms with Gasteiger partial charge >= 0.3 is 0 Å². The minimum atomic E-state index is -3.59. The van der Waals surface area contributed by atoms with Gasteiger partial charge in [-0.1, -0.05) is 61.3 Å². The first-order valence-electron chi connectivity index (χ1n) is 21.2. The molecule has 0 saturated heterocycles. The third-order valence-corrected chi connectivity index (χ3v) is 13.0. The number of halogens is 3. The first-order chi connectivity index (χ1) is 32.8. The summed E-state index contributed by atoms with van der Waals surface area (Å²) in [6, 6.07) is 30.3. The average molecular weight is 1030 g/mol. The van der Waals surface area contributed by atoms with Crippen LogP contribution in [0, 0.1) is 22.7 Å². The van der Waals surface area contributed by atoms with Gasteiger partial charge in [-0.05, 0) is 103 Å². The monoisotopic (exact) mass is 1030 g/mol. The fourth-order valence-corrected chi connectivity index (χ4v) is 9.09. The van der Waals surface area contributed by atoms with Crippen molar-refractivity contribution in [3.8, 4) is 29.4 Å². The molecule has 360 valence electrons. The van der Waals surface area contributed by atoms with Crippen molar-refractivity contribution in [1.29, 1.82) is 10.5 Å². The van der Waals surface area contributed by atoms with E-state index in [1.807, 2.05) is 61.5 Å². The van der Waals surface area contributed by atoms with Crippen molar-refractivity contribution in [2.45, 2.75) is 57.6 Å². The highest BCUT2D eigenvalue weighted by Crippen LogP contribution is 2.47. The molecule has 3 N–H and O–H groups in total. The number of aromatic nitrogens is 4. The van der Waals surface area contributed by atoms with E-state index in [0.29, 0.717) is 36.6 Å². The second kappa shape index (κ2) is 22.3. The Hall–Kier alpha value is -6.41. The van der Waals surface area contributed by atoms with Gasteiger partial charge in [-0.2, -0.15) is 10.5 Å². The Morgan fingerprint density at radius 1 is 0.652 bits per heavy atom. The molecule has 6 rings (SSSR count). The molecule has 0 aliphatic heterocycles. The number of hydrogen-bond acceptors (Lipinski definition) is 14. The van der Waals surface area contributed by atoms with Crippen molar-refractivity contribution in [2.24, 2.45) is 0 Å². The van der Waals surface area contributed by atoms with E-state index in [-0.39, 0.29) is 70.2 Å². The van der Waals surface area contributed by atoms with E-state index in [0.717, 1.165) is 40.5 Å². The van der Waals surface area contributed by atoms with Crippen LogP contribution in [0.15, 0.2) is 97.3 Å². The maximum absolute atomic E-state index is 11.8. The number of anilines is 3. The fourth-order valence-electron chi connectivity index (χ4n) is 7.60. The molecule has 6 aromatic rings. The lowest BCUT2D eigenvalue weighted by atomic mass is 9.65. The number of alkyl halides is 1. The Morgan fingerprint density at radius 2 is 1.13 bits per heavy atom. The number of nitrogens with one attached hydrogen (secondary N) is 3. The summed E-state index contributed by atoms with van der Waals surface area (Å²) < 4.78 is 69.3. The largest absolute Gasteiger partial charge is 0.491 e. The molecular formula is C48H48Cl3N9O7S2. The van der Waals surface area contributed by atoms with Crippen LogP contribution in [0.2, 0.25) is 10.0 Å². The van der Waals surface area contributed by atoms with E-state index < -0.39 is 30.9 Å². The van der Waals surface area contributed by atoms with E-state index in [1.54, 1.807) is 30.3 Å². The molecular weight excluding hydrogens is 985 g/mol. The maximum Gasteiger partial charge on any atom is 0.236 e. The summed E-state index contributed by atoms with van der Waals surface area (Å²) in [6.45, 7) is 6.70. The first kappa shape index (κ1) is 52.0. The highest BCUT2D eigenvalue weighted by molar-refractivity contribution is 7.92. The lowest BCUT2D eigenvalue weighted by Crippen LogP contribution is -2.31. The van der Waals surface area contributed by atoms with Crippen LogP contribution in [-0.4, -0.2) is 68.4 Å². The number of ether oxygens (including phenoxy) is 3. The fraction of sp³-hybridized carbons (Fsp3) is 0.292. The van der Waals surface area contributed by atoms with Crippen molar-refractivity contribution in [1.82, 2.24) is 19.9 Å². The lowest BCUT2D eigenvalue weighted by Gasteiger charge is -2.38. The normalized spacial score (nSPS) is 13.2. The molecule has 2 atom stereocenters. The Bertz CT molecular complexity index is 3120. The molecule has 2 aromatic heterocycles. The average Bonchev–Trinajstić information content (AvgIpc) is 3.31. The molecule has 0 fully saturated rings. The zero-order valence-corrected chi connectivity index (χ0v) is 42.1. The summed E-state index contributed by atoms with van der Waals surface area (Å²) in [7, 11) is -7.16. The van der Waals surface area contributed by atoms with Gasteiger partial charge in [0.1, 0.15) is 31.1 Å². The first-order valence-corrected chi connectivity index (χ1v) is 26.3. The summed E-state index contributed by atoms with van der Waals surface area (Å²) in [5, 5.41) is 24.6. The number of hydrogen-bond donors (Lipinski definition) is 3. The second-order valence-corrected chi connectivity index (χ2v) is 21.0. The van der Waals surface area contributed by atoms with Crippen molar-refractivity contribution in [2.75, 3.05) is 46.4 Å².